The number of carbonyl (C=O) groups excluding carboxylic acids is 1. The molecule has 4 aromatic rings. The molecule has 0 aliphatic carbocycles. The molecule has 1 amide bonds. The number of rotatable bonds is 7. The van der Waals surface area contributed by atoms with Gasteiger partial charge >= 0.3 is 6.18 Å². The van der Waals surface area contributed by atoms with E-state index in [1.54, 1.807) is 18.5 Å². The van der Waals surface area contributed by atoms with Gasteiger partial charge in [-0.2, -0.15) is 18.4 Å². The van der Waals surface area contributed by atoms with Crippen LogP contribution in [0.2, 0.25) is 10.0 Å². The Morgan fingerprint density at radius 3 is 2.44 bits per heavy atom. The number of phenols is 1. The smallest absolute Gasteiger partial charge is 0.416 e. The number of amides is 1. The molecule has 5 rings (SSSR count). The Balaban J connectivity index is 1.35. The van der Waals surface area contributed by atoms with E-state index >= 15 is 0 Å². The SMILES string of the molecule is N#Cc1c(-c2cc(C(F)(F)F)ccc2Cl)cc(-c2cc(Cl)cc(CCNC(=O)C3CCN(c4ccncc4)CC3)c2O)[nH]c1=O. The number of aromatic nitrogens is 2. The van der Waals surface area contributed by atoms with E-state index in [-0.39, 0.29) is 63.0 Å². The molecule has 1 fully saturated rings. The number of hydrogen-bond acceptors (Lipinski definition) is 6. The standard InChI is InChI=1S/C32H26Cl2F3N5O3/c33-21-13-19(3-10-40-30(44)18-6-11-42(12-7-18)22-4-8-39-9-5-22)29(43)25(15-21)28-16-23(26(17-38)31(45)41-28)24-14-20(32(35,36)37)1-2-27(24)34/h1-2,4-5,8-9,13-16,18,43H,3,6-7,10-12H2,(H,40,44)(H,41,45). The van der Waals surface area contributed by atoms with Crippen molar-refractivity contribution in [3.8, 4) is 34.2 Å². The van der Waals surface area contributed by atoms with Crippen molar-refractivity contribution in [3.63, 3.8) is 0 Å². The summed E-state index contributed by atoms with van der Waals surface area (Å²) in [6.07, 6.45) is 0.344. The van der Waals surface area contributed by atoms with Crippen LogP contribution in [0.15, 0.2) is 65.7 Å². The maximum Gasteiger partial charge on any atom is 0.416 e. The van der Waals surface area contributed by atoms with Gasteiger partial charge in [0.1, 0.15) is 17.4 Å². The highest BCUT2D eigenvalue weighted by Gasteiger charge is 2.32. The van der Waals surface area contributed by atoms with E-state index in [0.717, 1.165) is 37.0 Å². The Hall–Kier alpha value is -4.53. The van der Waals surface area contributed by atoms with Crippen molar-refractivity contribution >= 4 is 34.8 Å². The topological polar surface area (TPSA) is 122 Å². The molecule has 0 atom stereocenters. The number of benzene rings is 2. The average molecular weight is 656 g/mol. The first-order chi connectivity index (χ1) is 21.5. The summed E-state index contributed by atoms with van der Waals surface area (Å²) < 4.78 is 40.3. The van der Waals surface area contributed by atoms with Crippen LogP contribution in [-0.4, -0.2) is 40.6 Å². The highest BCUT2D eigenvalue weighted by atomic mass is 35.5. The van der Waals surface area contributed by atoms with E-state index in [1.165, 1.54) is 18.2 Å². The molecule has 0 radical (unpaired) electrons. The number of carbonyl (C=O) groups is 1. The van der Waals surface area contributed by atoms with Gasteiger partial charge in [0.15, 0.2) is 0 Å². The number of nitrogens with zero attached hydrogens (tertiary/aromatic N) is 3. The Labute approximate surface area is 266 Å². The molecule has 45 heavy (non-hydrogen) atoms. The second-order valence-corrected chi connectivity index (χ2v) is 11.4. The van der Waals surface area contributed by atoms with E-state index in [2.05, 4.69) is 20.2 Å². The van der Waals surface area contributed by atoms with Crippen LogP contribution in [0.1, 0.15) is 29.5 Å². The number of aromatic amines is 1. The Morgan fingerprint density at radius 2 is 1.78 bits per heavy atom. The minimum Gasteiger partial charge on any atom is -0.507 e. The minimum absolute atomic E-state index is 0.00808. The molecule has 232 valence electrons. The van der Waals surface area contributed by atoms with Crippen LogP contribution in [0.5, 0.6) is 5.75 Å². The third-order valence-electron chi connectivity index (χ3n) is 7.76. The van der Waals surface area contributed by atoms with Crippen molar-refractivity contribution in [2.45, 2.75) is 25.4 Å². The molecule has 3 heterocycles. The highest BCUT2D eigenvalue weighted by Crippen LogP contribution is 2.39. The fourth-order valence-electron chi connectivity index (χ4n) is 5.41. The lowest BCUT2D eigenvalue weighted by Gasteiger charge is -2.32. The Kier molecular flexibility index (Phi) is 9.37. The summed E-state index contributed by atoms with van der Waals surface area (Å²) in [4.78, 5) is 34.5. The second-order valence-electron chi connectivity index (χ2n) is 10.6. The lowest BCUT2D eigenvalue weighted by molar-refractivity contribution is -0.137. The summed E-state index contributed by atoms with van der Waals surface area (Å²) in [5.41, 5.74) is -1.15. The minimum atomic E-state index is -4.69. The molecule has 2 aromatic heterocycles. The van der Waals surface area contributed by atoms with Gasteiger partial charge in [-0.1, -0.05) is 23.2 Å². The van der Waals surface area contributed by atoms with Crippen molar-refractivity contribution in [2.75, 3.05) is 24.5 Å². The van der Waals surface area contributed by atoms with E-state index in [9.17, 15) is 33.1 Å². The van der Waals surface area contributed by atoms with E-state index in [1.807, 2.05) is 12.1 Å². The molecule has 1 aliphatic heterocycles. The number of pyridine rings is 2. The van der Waals surface area contributed by atoms with Crippen LogP contribution in [0.4, 0.5) is 18.9 Å². The summed E-state index contributed by atoms with van der Waals surface area (Å²) in [5, 5.41) is 23.8. The quantitative estimate of drug-likeness (QED) is 0.207. The first-order valence-corrected chi connectivity index (χ1v) is 14.7. The van der Waals surface area contributed by atoms with Gasteiger partial charge in [-0.15, -0.1) is 0 Å². The number of anilines is 1. The third-order valence-corrected chi connectivity index (χ3v) is 8.31. The zero-order chi connectivity index (χ0) is 32.3. The fourth-order valence-corrected chi connectivity index (χ4v) is 5.87. The van der Waals surface area contributed by atoms with E-state index < -0.39 is 22.9 Å². The molecule has 0 unspecified atom stereocenters. The van der Waals surface area contributed by atoms with Crippen molar-refractivity contribution in [1.29, 1.82) is 5.26 Å². The number of aromatic hydroxyl groups is 1. The van der Waals surface area contributed by atoms with Crippen molar-refractivity contribution < 1.29 is 23.1 Å². The molecule has 2 aromatic carbocycles. The maximum absolute atomic E-state index is 13.4. The summed E-state index contributed by atoms with van der Waals surface area (Å²) in [7, 11) is 0. The Morgan fingerprint density at radius 1 is 1.07 bits per heavy atom. The number of alkyl halides is 3. The monoisotopic (exact) mass is 655 g/mol. The summed E-state index contributed by atoms with van der Waals surface area (Å²) in [6, 6.07) is 12.4. The first kappa shape index (κ1) is 31.9. The molecule has 1 saturated heterocycles. The van der Waals surface area contributed by atoms with Crippen LogP contribution in [0.3, 0.4) is 0 Å². The number of piperidine rings is 1. The van der Waals surface area contributed by atoms with Crippen LogP contribution in [-0.2, 0) is 17.4 Å². The lowest BCUT2D eigenvalue weighted by atomic mass is 9.95. The van der Waals surface area contributed by atoms with Gasteiger partial charge in [-0.3, -0.25) is 14.6 Å². The van der Waals surface area contributed by atoms with Crippen LogP contribution >= 0.6 is 23.2 Å². The van der Waals surface area contributed by atoms with Crippen LogP contribution in [0, 0.1) is 17.2 Å². The van der Waals surface area contributed by atoms with Gasteiger partial charge in [0.25, 0.3) is 5.56 Å². The summed E-state index contributed by atoms with van der Waals surface area (Å²) in [5.74, 6) is -0.498. The first-order valence-electron chi connectivity index (χ1n) is 13.9. The number of H-pyrrole nitrogens is 1. The highest BCUT2D eigenvalue weighted by molar-refractivity contribution is 6.33. The molecular weight excluding hydrogens is 630 g/mol. The number of phenolic OH excluding ortho intramolecular Hbond substituents is 1. The van der Waals surface area contributed by atoms with Crippen molar-refractivity contribution in [2.24, 2.45) is 5.92 Å². The van der Waals surface area contributed by atoms with E-state index in [4.69, 9.17) is 23.2 Å². The summed E-state index contributed by atoms with van der Waals surface area (Å²) in [6.45, 7) is 1.67. The van der Waals surface area contributed by atoms with Gasteiger partial charge in [0, 0.05) is 70.4 Å². The second kappa shape index (κ2) is 13.2. The number of hydrogen-bond donors (Lipinski definition) is 3. The van der Waals surface area contributed by atoms with Crippen LogP contribution in [0.25, 0.3) is 22.4 Å². The molecule has 0 spiro atoms. The van der Waals surface area contributed by atoms with Crippen molar-refractivity contribution in [1.82, 2.24) is 15.3 Å². The molecule has 3 N–H and O–H groups in total. The van der Waals surface area contributed by atoms with Gasteiger partial charge in [-0.25, -0.2) is 0 Å². The molecule has 8 nitrogen and oxygen atoms in total. The van der Waals surface area contributed by atoms with Gasteiger partial charge < -0.3 is 20.3 Å². The largest absolute Gasteiger partial charge is 0.507 e. The van der Waals surface area contributed by atoms with Crippen LogP contribution < -0.4 is 15.8 Å². The van der Waals surface area contributed by atoms with Crippen molar-refractivity contribution in [3.05, 3.63) is 98.0 Å². The average Bonchev–Trinajstić information content (AvgIpc) is 3.02. The zero-order valence-electron chi connectivity index (χ0n) is 23.6. The predicted octanol–water partition coefficient (Wildman–Crippen LogP) is 6.58. The maximum atomic E-state index is 13.4. The third kappa shape index (κ3) is 7.08. The van der Waals surface area contributed by atoms with Gasteiger partial charge in [0.05, 0.1) is 11.3 Å². The molecule has 13 heteroatoms. The normalized spacial score (nSPS) is 13.8. The summed E-state index contributed by atoms with van der Waals surface area (Å²) >= 11 is 12.6. The Bertz CT molecular complexity index is 1830. The number of nitrogens with one attached hydrogen (secondary N) is 2. The lowest BCUT2D eigenvalue weighted by Crippen LogP contribution is -2.41. The number of nitriles is 1. The predicted molar refractivity (Wildman–Crippen MR) is 165 cm³/mol. The van der Waals surface area contributed by atoms with Gasteiger partial charge in [-0.05, 0) is 73.4 Å². The van der Waals surface area contributed by atoms with Gasteiger partial charge in [0.2, 0.25) is 5.91 Å². The molecule has 1 aliphatic rings. The molecule has 0 bridgehead atoms. The molecule has 0 saturated carbocycles. The molecular formula is C32H26Cl2F3N5O3. The number of halogens is 5. The fraction of sp³-hybridized carbons (Fsp3) is 0.250. The zero-order valence-corrected chi connectivity index (χ0v) is 25.1. The van der Waals surface area contributed by atoms with E-state index in [0.29, 0.717) is 18.4 Å².